The lowest BCUT2D eigenvalue weighted by molar-refractivity contribution is 0.0166. The summed E-state index contributed by atoms with van der Waals surface area (Å²) >= 11 is 6.21. The number of halogens is 1. The van der Waals surface area contributed by atoms with Crippen LogP contribution in [0.3, 0.4) is 0 Å². The normalized spacial score (nSPS) is 18.4. The number of rotatable bonds is 12. The van der Waals surface area contributed by atoms with Crippen LogP contribution in [0.2, 0.25) is 5.02 Å². The predicted molar refractivity (Wildman–Crippen MR) is 307 cm³/mol. The van der Waals surface area contributed by atoms with E-state index < -0.39 is 0 Å². The number of aromatic nitrogens is 4. The van der Waals surface area contributed by atoms with Gasteiger partial charge in [-0.15, -0.1) is 0 Å². The summed E-state index contributed by atoms with van der Waals surface area (Å²) in [6, 6.07) is 39.8. The molecule has 0 spiro atoms. The van der Waals surface area contributed by atoms with Crippen LogP contribution < -0.4 is 9.80 Å². The number of nitrogens with zero attached hydrogens (tertiary/aromatic N) is 10. The van der Waals surface area contributed by atoms with E-state index in [0.29, 0.717) is 23.2 Å². The number of carbonyl (C=O) groups excluding carboxylic acids is 2. The molecule has 76 heavy (non-hydrogen) atoms. The fraction of sp³-hybridized carbons (Fsp3) is 0.460. The first-order valence-corrected chi connectivity index (χ1v) is 28.1. The van der Waals surface area contributed by atoms with Gasteiger partial charge in [0.05, 0.1) is 33.9 Å². The van der Waals surface area contributed by atoms with Crippen molar-refractivity contribution in [2.45, 2.75) is 136 Å². The second-order valence-corrected chi connectivity index (χ2v) is 22.8. The van der Waals surface area contributed by atoms with E-state index >= 15 is 0 Å². The number of piperidine rings is 4. The molecule has 0 atom stereocenters. The molecule has 0 N–H and O–H groups in total. The van der Waals surface area contributed by atoms with Gasteiger partial charge in [0, 0.05) is 105 Å². The number of carbonyl (C=O) groups is 2. The third kappa shape index (κ3) is 12.8. The Morgan fingerprint density at radius 3 is 1.16 bits per heavy atom. The predicted octanol–water partition coefficient (Wildman–Crippen LogP) is 11.5. The first kappa shape index (κ1) is 54.6. The van der Waals surface area contributed by atoms with Gasteiger partial charge >= 0.3 is 0 Å². The van der Waals surface area contributed by atoms with Crippen LogP contribution in [0, 0.1) is 34.6 Å². The summed E-state index contributed by atoms with van der Waals surface area (Å²) in [6.45, 7) is 23.8. The smallest absolute Gasteiger partial charge is 0.257 e. The number of amides is 2. The van der Waals surface area contributed by atoms with E-state index in [0.717, 1.165) is 145 Å². The first-order chi connectivity index (χ1) is 36.7. The number of hydrogen-bond donors (Lipinski definition) is 0. The Bertz CT molecular complexity index is 2620. The van der Waals surface area contributed by atoms with Crippen molar-refractivity contribution in [2.24, 2.45) is 0 Å². The van der Waals surface area contributed by atoms with Crippen molar-refractivity contribution >= 4 is 34.8 Å². The average Bonchev–Trinajstić information content (AvgIpc) is 3.43. The van der Waals surface area contributed by atoms with Crippen LogP contribution in [0.4, 0.5) is 11.4 Å². The van der Waals surface area contributed by atoms with Gasteiger partial charge in [0.1, 0.15) is 12.7 Å². The molecule has 400 valence electrons. The lowest BCUT2D eigenvalue weighted by atomic mass is 9.85. The Morgan fingerprint density at radius 2 is 0.816 bits per heavy atom. The zero-order chi connectivity index (χ0) is 53.4. The molecule has 2 amide bonds. The quantitative estimate of drug-likeness (QED) is 0.118. The van der Waals surface area contributed by atoms with Crippen LogP contribution in [0.1, 0.15) is 125 Å². The second-order valence-electron chi connectivity index (χ2n) is 22.4. The van der Waals surface area contributed by atoms with Crippen molar-refractivity contribution in [2.75, 3.05) is 62.2 Å². The summed E-state index contributed by atoms with van der Waals surface area (Å²) in [7, 11) is 0. The maximum Gasteiger partial charge on any atom is 0.257 e. The van der Waals surface area contributed by atoms with Crippen molar-refractivity contribution < 1.29 is 9.59 Å². The molecule has 4 aromatic carbocycles. The Kier molecular flexibility index (Phi) is 17.5. The van der Waals surface area contributed by atoms with Gasteiger partial charge in [-0.3, -0.25) is 19.4 Å². The van der Waals surface area contributed by atoms with Crippen LogP contribution in [0.5, 0.6) is 0 Å². The molecule has 0 unspecified atom stereocenters. The molecule has 4 aliphatic rings. The molecule has 0 aliphatic carbocycles. The first-order valence-electron chi connectivity index (χ1n) is 27.8. The summed E-state index contributed by atoms with van der Waals surface area (Å²) < 4.78 is 0. The number of likely N-dealkylation sites (tertiary alicyclic amines) is 4. The highest BCUT2D eigenvalue weighted by atomic mass is 35.5. The largest absolute Gasteiger partial charge is 0.364 e. The van der Waals surface area contributed by atoms with Crippen LogP contribution in [0.25, 0.3) is 0 Å². The second kappa shape index (κ2) is 24.4. The molecule has 0 bridgehead atoms. The molecule has 13 heteroatoms. The summed E-state index contributed by atoms with van der Waals surface area (Å²) in [5.41, 5.74) is 11.2. The van der Waals surface area contributed by atoms with Crippen LogP contribution in [-0.4, -0.2) is 127 Å². The van der Waals surface area contributed by atoms with Gasteiger partial charge in [-0.1, -0.05) is 90.0 Å². The Labute approximate surface area is 457 Å². The van der Waals surface area contributed by atoms with Crippen molar-refractivity contribution in [3.05, 3.63) is 177 Å². The molecule has 2 aromatic heterocycles. The van der Waals surface area contributed by atoms with E-state index in [-0.39, 0.29) is 22.9 Å². The Morgan fingerprint density at radius 1 is 0.487 bits per heavy atom. The minimum atomic E-state index is 0.0703. The number of hydrogen-bond acceptors (Lipinski definition) is 10. The summed E-state index contributed by atoms with van der Waals surface area (Å²) in [4.78, 5) is 58.1. The molecular weight excluding hydrogens is 964 g/mol. The van der Waals surface area contributed by atoms with E-state index in [4.69, 9.17) is 11.6 Å². The van der Waals surface area contributed by atoms with E-state index in [1.54, 1.807) is 0 Å². The molecule has 0 saturated carbocycles. The van der Waals surface area contributed by atoms with Crippen molar-refractivity contribution in [3.8, 4) is 0 Å². The van der Waals surface area contributed by atoms with Crippen molar-refractivity contribution in [1.29, 1.82) is 0 Å². The highest BCUT2D eigenvalue weighted by Gasteiger charge is 2.42. The van der Waals surface area contributed by atoms with Gasteiger partial charge in [0.2, 0.25) is 0 Å². The lowest BCUT2D eigenvalue weighted by Crippen LogP contribution is -2.58. The molecule has 4 saturated heterocycles. The number of benzene rings is 4. The molecule has 12 nitrogen and oxygen atoms in total. The minimum absolute atomic E-state index is 0.0703. The van der Waals surface area contributed by atoms with Crippen LogP contribution >= 0.6 is 11.6 Å². The van der Waals surface area contributed by atoms with E-state index in [1.807, 2.05) is 49.6 Å². The van der Waals surface area contributed by atoms with E-state index in [2.05, 4.69) is 157 Å². The highest BCUT2D eigenvalue weighted by Crippen LogP contribution is 2.37. The maximum atomic E-state index is 13.3. The lowest BCUT2D eigenvalue weighted by Gasteiger charge is -2.50. The summed E-state index contributed by atoms with van der Waals surface area (Å²) in [5.74, 6) is 0.150. The SMILES string of the molecule is Cc1ccc(N(Cc2ccccc2)C2CCN(C3(C)CCN(C(=O)c4c(C)ncnc4C)CC3)CC2)cc1.Cc1ncnc(C)c1C(=O)N1CCC(C)(N2CCC(N(Cc3ccccc3)c3ccc(Cl)cc3)CC2)CC1. The monoisotopic (exact) mass is 1040 g/mol. The van der Waals surface area contributed by atoms with Gasteiger partial charge in [-0.25, -0.2) is 19.9 Å². The Hall–Kier alpha value is -6.21. The highest BCUT2D eigenvalue weighted by molar-refractivity contribution is 6.30. The fourth-order valence-electron chi connectivity index (χ4n) is 12.4. The zero-order valence-corrected chi connectivity index (χ0v) is 46.9. The number of anilines is 2. The molecule has 4 fully saturated rings. The van der Waals surface area contributed by atoms with Gasteiger partial charge in [0.25, 0.3) is 11.8 Å². The molecule has 0 radical (unpaired) electrons. The Balaban J connectivity index is 0.000000186. The van der Waals surface area contributed by atoms with E-state index in [1.165, 1.54) is 40.7 Å². The fourth-order valence-corrected chi connectivity index (χ4v) is 12.5. The topological polar surface area (TPSA) is 105 Å². The third-order valence-electron chi connectivity index (χ3n) is 17.4. The van der Waals surface area contributed by atoms with Gasteiger partial charge in [-0.2, -0.15) is 0 Å². The summed E-state index contributed by atoms with van der Waals surface area (Å²) in [5, 5.41) is 0.770. The molecule has 6 heterocycles. The van der Waals surface area contributed by atoms with Crippen molar-refractivity contribution in [3.63, 3.8) is 0 Å². The summed E-state index contributed by atoms with van der Waals surface area (Å²) in [6.07, 6.45) is 11.6. The maximum absolute atomic E-state index is 13.3. The third-order valence-corrected chi connectivity index (χ3v) is 17.6. The molecule has 10 rings (SSSR count). The van der Waals surface area contributed by atoms with Gasteiger partial charge < -0.3 is 19.6 Å². The molecule has 6 aromatic rings. The standard InChI is InChI=1S/C32H41N5O.C31H38ClN5O/c1-24-10-12-28(13-11-24)37(22-27-8-6-5-7-9-27)29-14-18-36(19-15-29)32(4)16-20-35(21-17-32)31(38)30-25(2)33-23-34-26(30)3;1-23-29(24(2)34-22-33-23)30(38)35-19-15-31(3,16-20-35)36-17-13-28(14-18-36)37(21-25-7-5-4-6-8-25)27-11-9-26(32)10-12-27/h5-13,23,29H,14-22H2,1-4H3;4-12,22,28H,13-21H2,1-3H3. The van der Waals surface area contributed by atoms with E-state index in [9.17, 15) is 9.59 Å². The zero-order valence-electron chi connectivity index (χ0n) is 46.1. The van der Waals surface area contributed by atoms with Crippen molar-refractivity contribution in [1.82, 2.24) is 39.5 Å². The van der Waals surface area contributed by atoms with Crippen LogP contribution in [0.15, 0.2) is 122 Å². The van der Waals surface area contributed by atoms with Crippen LogP contribution in [-0.2, 0) is 13.1 Å². The molecule has 4 aliphatic heterocycles. The average molecular weight is 1040 g/mol. The minimum Gasteiger partial charge on any atom is -0.364 e. The van der Waals surface area contributed by atoms with Gasteiger partial charge in [0.15, 0.2) is 0 Å². The number of aryl methyl sites for hydroxylation is 5. The van der Waals surface area contributed by atoms with Gasteiger partial charge in [-0.05, 0) is 147 Å². The molecular formula is C63H79ClN10O2.